The highest BCUT2D eigenvalue weighted by atomic mass is 32.2. The average Bonchev–Trinajstić information content (AvgIpc) is 2.84. The summed E-state index contributed by atoms with van der Waals surface area (Å²) in [4.78, 5) is 30.2. The number of fused-ring (bicyclic) bond motifs is 3. The Morgan fingerprint density at radius 2 is 2.24 bits per heavy atom. The predicted molar refractivity (Wildman–Crippen MR) is 97.0 cm³/mol. The third kappa shape index (κ3) is 3.65. The monoisotopic (exact) mass is 379 g/mol. The second-order valence-corrected chi connectivity index (χ2v) is 8.84. The van der Waals surface area contributed by atoms with Crippen molar-refractivity contribution in [2.24, 2.45) is 0 Å². The molecule has 3 rings (SSSR count). The first-order valence-corrected chi connectivity index (χ1v) is 9.64. The van der Waals surface area contributed by atoms with E-state index in [-0.39, 0.29) is 16.9 Å². The van der Waals surface area contributed by atoms with Crippen LogP contribution in [0.2, 0.25) is 0 Å². The minimum absolute atomic E-state index is 0.149. The molecule has 0 N–H and O–H groups in total. The molecular weight excluding hydrogens is 360 g/mol. The van der Waals surface area contributed by atoms with Gasteiger partial charge >= 0.3 is 0 Å². The van der Waals surface area contributed by atoms with Crippen molar-refractivity contribution < 1.29 is 14.6 Å². The van der Waals surface area contributed by atoms with E-state index in [1.54, 1.807) is 0 Å². The van der Waals surface area contributed by atoms with Crippen LogP contribution in [-0.2, 0) is 29.1 Å². The van der Waals surface area contributed by atoms with Crippen LogP contribution < -0.4 is 10.7 Å². The number of ether oxygens (including phenoxy) is 1. The van der Waals surface area contributed by atoms with Gasteiger partial charge in [-0.15, -0.1) is 11.3 Å². The number of carboxylic acids is 1. The van der Waals surface area contributed by atoms with Crippen LogP contribution in [0.15, 0.2) is 22.1 Å². The second kappa shape index (κ2) is 6.59. The van der Waals surface area contributed by atoms with Crippen LogP contribution in [0.5, 0.6) is 0 Å². The molecule has 134 valence electrons. The van der Waals surface area contributed by atoms with Gasteiger partial charge in [-0.25, -0.2) is 4.98 Å². The highest BCUT2D eigenvalue weighted by Crippen LogP contribution is 2.37. The highest BCUT2D eigenvalue weighted by Gasteiger charge is 2.31. The molecule has 0 saturated heterocycles. The van der Waals surface area contributed by atoms with Gasteiger partial charge in [0.05, 0.1) is 23.6 Å². The average molecular weight is 379 g/mol. The fourth-order valence-electron chi connectivity index (χ4n) is 2.85. The van der Waals surface area contributed by atoms with E-state index in [4.69, 9.17) is 4.74 Å². The van der Waals surface area contributed by atoms with E-state index in [9.17, 15) is 14.7 Å². The molecule has 3 heterocycles. The molecule has 6 nitrogen and oxygen atoms in total. The Bertz CT molecular complexity index is 927. The Hall–Kier alpha value is -1.64. The molecular formula is C17H19N2O4S2-. The van der Waals surface area contributed by atoms with Gasteiger partial charge in [0.2, 0.25) is 0 Å². The number of nitrogens with zero attached hydrogens (tertiary/aromatic N) is 2. The van der Waals surface area contributed by atoms with E-state index in [2.05, 4.69) is 11.6 Å². The molecule has 0 aliphatic carbocycles. The Morgan fingerprint density at radius 1 is 1.52 bits per heavy atom. The van der Waals surface area contributed by atoms with Gasteiger partial charge in [-0.2, -0.15) is 0 Å². The third-order valence-electron chi connectivity index (χ3n) is 3.90. The largest absolute Gasteiger partial charge is 0.549 e. The minimum Gasteiger partial charge on any atom is -0.549 e. The van der Waals surface area contributed by atoms with E-state index in [0.717, 1.165) is 27.8 Å². The van der Waals surface area contributed by atoms with Crippen molar-refractivity contribution in [3.05, 3.63) is 32.9 Å². The van der Waals surface area contributed by atoms with Gasteiger partial charge in [-0.1, -0.05) is 23.9 Å². The zero-order valence-corrected chi connectivity index (χ0v) is 16.0. The first-order chi connectivity index (χ1) is 11.7. The smallest absolute Gasteiger partial charge is 0.263 e. The van der Waals surface area contributed by atoms with Crippen LogP contribution in [0.4, 0.5) is 0 Å². The maximum atomic E-state index is 13.1. The van der Waals surface area contributed by atoms with Gasteiger partial charge in [-0.05, 0) is 26.3 Å². The number of thiophene rings is 1. The number of aliphatic carboxylic acids is 1. The molecule has 0 atom stereocenters. The van der Waals surface area contributed by atoms with E-state index in [0.29, 0.717) is 34.9 Å². The summed E-state index contributed by atoms with van der Waals surface area (Å²) in [7, 11) is 0. The molecule has 25 heavy (non-hydrogen) atoms. The lowest BCUT2D eigenvalue weighted by Gasteiger charge is -2.29. The van der Waals surface area contributed by atoms with Crippen molar-refractivity contribution in [2.45, 2.75) is 51.1 Å². The lowest BCUT2D eigenvalue weighted by molar-refractivity contribution is -0.301. The van der Waals surface area contributed by atoms with E-state index < -0.39 is 5.97 Å². The van der Waals surface area contributed by atoms with Crippen molar-refractivity contribution in [1.29, 1.82) is 0 Å². The van der Waals surface area contributed by atoms with Crippen LogP contribution >= 0.6 is 23.1 Å². The summed E-state index contributed by atoms with van der Waals surface area (Å²) in [5.41, 5.74) is 1.32. The second-order valence-electron chi connectivity index (χ2n) is 6.81. The molecule has 2 aromatic heterocycles. The van der Waals surface area contributed by atoms with Gasteiger partial charge < -0.3 is 14.6 Å². The summed E-state index contributed by atoms with van der Waals surface area (Å²) in [5.74, 6) is -1.45. The number of aromatic nitrogens is 2. The van der Waals surface area contributed by atoms with Gasteiger partial charge in [0.25, 0.3) is 5.56 Å². The van der Waals surface area contributed by atoms with Crippen molar-refractivity contribution in [2.75, 3.05) is 5.75 Å². The SMILES string of the molecule is C=C(C)Cn1c(SCC(=O)[O-])nc2sc3c(c2c1=O)CC(C)(C)OC3. The number of hydrogen-bond acceptors (Lipinski definition) is 7. The van der Waals surface area contributed by atoms with Crippen LogP contribution in [0.3, 0.4) is 0 Å². The fourth-order valence-corrected chi connectivity index (χ4v) is 4.71. The lowest BCUT2D eigenvalue weighted by Crippen LogP contribution is -2.32. The van der Waals surface area contributed by atoms with E-state index >= 15 is 0 Å². The standard InChI is InChI=1S/C17H20N2O4S2/c1-9(2)6-19-15(22)13-10-5-17(3,4)23-7-11(10)25-14(13)18-16(19)24-8-12(20)21/h1,5-8H2,2-4H3,(H,20,21)/p-1. The Morgan fingerprint density at radius 3 is 2.88 bits per heavy atom. The zero-order valence-electron chi connectivity index (χ0n) is 14.4. The summed E-state index contributed by atoms with van der Waals surface area (Å²) in [5, 5.41) is 11.8. The molecule has 2 aromatic rings. The quantitative estimate of drug-likeness (QED) is 0.447. The highest BCUT2D eigenvalue weighted by molar-refractivity contribution is 7.99. The Balaban J connectivity index is 2.19. The molecule has 0 amide bonds. The predicted octanol–water partition coefficient (Wildman–Crippen LogP) is 1.73. The van der Waals surface area contributed by atoms with Crippen LogP contribution in [0.25, 0.3) is 10.2 Å². The molecule has 0 aromatic carbocycles. The van der Waals surface area contributed by atoms with E-state index in [1.807, 2.05) is 20.8 Å². The van der Waals surface area contributed by atoms with Gasteiger partial charge in [0.1, 0.15) is 4.83 Å². The first kappa shape index (κ1) is 18.2. The molecule has 0 saturated carbocycles. The van der Waals surface area contributed by atoms with Gasteiger partial charge in [0.15, 0.2) is 5.16 Å². The number of carbonyl (C=O) groups is 1. The van der Waals surface area contributed by atoms with Gasteiger partial charge in [0, 0.05) is 23.6 Å². The maximum absolute atomic E-state index is 13.1. The zero-order chi connectivity index (χ0) is 18.4. The molecule has 0 fully saturated rings. The molecule has 1 aliphatic rings. The molecule has 0 unspecified atom stereocenters. The maximum Gasteiger partial charge on any atom is 0.263 e. The lowest BCUT2D eigenvalue weighted by atomic mass is 9.94. The fraction of sp³-hybridized carbons (Fsp3) is 0.471. The molecule has 1 aliphatic heterocycles. The summed E-state index contributed by atoms with van der Waals surface area (Å²) in [6, 6.07) is 0. The number of hydrogen-bond donors (Lipinski definition) is 0. The topological polar surface area (TPSA) is 84.3 Å². The molecule has 8 heteroatoms. The number of carbonyl (C=O) groups excluding carboxylic acids is 1. The summed E-state index contributed by atoms with van der Waals surface area (Å²) < 4.78 is 7.34. The van der Waals surface area contributed by atoms with Crippen LogP contribution in [0.1, 0.15) is 31.2 Å². The Kier molecular flexibility index (Phi) is 4.78. The number of thioether (sulfide) groups is 1. The van der Waals surface area contributed by atoms with Crippen molar-refractivity contribution in [3.63, 3.8) is 0 Å². The van der Waals surface area contributed by atoms with Crippen LogP contribution in [0, 0.1) is 0 Å². The summed E-state index contributed by atoms with van der Waals surface area (Å²) in [6.45, 7) is 10.5. The van der Waals surface area contributed by atoms with Crippen molar-refractivity contribution >= 4 is 39.3 Å². The van der Waals surface area contributed by atoms with Gasteiger partial charge in [-0.3, -0.25) is 9.36 Å². The van der Waals surface area contributed by atoms with Crippen molar-refractivity contribution in [1.82, 2.24) is 9.55 Å². The van der Waals surface area contributed by atoms with E-state index in [1.165, 1.54) is 15.9 Å². The molecule has 0 spiro atoms. The Labute approximate surface area is 153 Å². The third-order valence-corrected chi connectivity index (χ3v) is 5.95. The molecule has 0 radical (unpaired) electrons. The number of carboxylic acid groups (broad SMARTS) is 1. The molecule has 0 bridgehead atoms. The summed E-state index contributed by atoms with van der Waals surface area (Å²) in [6.07, 6.45) is 0.651. The van der Waals surface area contributed by atoms with Crippen molar-refractivity contribution in [3.8, 4) is 0 Å². The number of rotatable bonds is 5. The minimum atomic E-state index is -1.19. The normalized spacial score (nSPS) is 16.0. The first-order valence-electron chi connectivity index (χ1n) is 7.84. The van der Waals surface area contributed by atoms with Crippen LogP contribution in [-0.4, -0.2) is 26.9 Å². The summed E-state index contributed by atoms with van der Waals surface area (Å²) >= 11 is 2.44. The number of allylic oxidation sites excluding steroid dienone is 1.